The summed E-state index contributed by atoms with van der Waals surface area (Å²) in [6, 6.07) is 5.95. The normalized spacial score (nSPS) is 16.4. The lowest BCUT2D eigenvalue weighted by Gasteiger charge is -2.33. The molecule has 0 N–H and O–H groups in total. The lowest BCUT2D eigenvalue weighted by Crippen LogP contribution is -2.44. The van der Waals surface area contributed by atoms with Crippen molar-refractivity contribution in [2.24, 2.45) is 5.92 Å². The van der Waals surface area contributed by atoms with Gasteiger partial charge < -0.3 is 4.90 Å². The van der Waals surface area contributed by atoms with Gasteiger partial charge in [-0.15, -0.1) is 6.42 Å². The Morgan fingerprint density at radius 2 is 1.92 bits per heavy atom. The van der Waals surface area contributed by atoms with Gasteiger partial charge in [0.1, 0.15) is 5.82 Å². The van der Waals surface area contributed by atoms with Crippen molar-refractivity contribution in [3.05, 3.63) is 35.6 Å². The van der Waals surface area contributed by atoms with E-state index in [0.717, 1.165) is 5.56 Å². The Kier molecular flexibility index (Phi) is 6.57. The zero-order valence-electron chi connectivity index (χ0n) is 14.3. The molecule has 5 nitrogen and oxygen atoms in total. The van der Waals surface area contributed by atoms with E-state index in [1.807, 2.05) is 0 Å². The molecular formula is C18H23FN2O3S. The molecule has 1 aliphatic heterocycles. The fourth-order valence-corrected chi connectivity index (χ4v) is 4.09. The van der Waals surface area contributed by atoms with Crippen molar-refractivity contribution in [2.75, 3.05) is 25.4 Å². The molecule has 1 aromatic rings. The molecule has 0 radical (unpaired) electrons. The molecule has 1 aliphatic rings. The van der Waals surface area contributed by atoms with Gasteiger partial charge in [0.25, 0.3) is 0 Å². The average Bonchev–Trinajstić information content (AvgIpc) is 2.62. The van der Waals surface area contributed by atoms with E-state index >= 15 is 0 Å². The summed E-state index contributed by atoms with van der Waals surface area (Å²) in [5.41, 5.74) is 0.802. The number of carbonyl (C=O) groups excluding carboxylic acids is 1. The summed E-state index contributed by atoms with van der Waals surface area (Å²) >= 11 is 0. The molecule has 1 fully saturated rings. The summed E-state index contributed by atoms with van der Waals surface area (Å²) in [6.07, 6.45) is 6.36. The van der Waals surface area contributed by atoms with Crippen LogP contribution in [0.3, 0.4) is 0 Å². The summed E-state index contributed by atoms with van der Waals surface area (Å²) < 4.78 is 38.3. The molecule has 1 saturated heterocycles. The number of hydrogen-bond donors (Lipinski definition) is 0. The first-order valence-corrected chi connectivity index (χ1v) is 9.92. The SMILES string of the molecule is C#CCN(Cc1ccc(F)cc1)C(=O)C1CCN(S(=O)(=O)CC)CC1. The minimum Gasteiger partial charge on any atom is -0.327 e. The van der Waals surface area contributed by atoms with E-state index < -0.39 is 10.0 Å². The van der Waals surface area contributed by atoms with Crippen LogP contribution >= 0.6 is 0 Å². The molecule has 0 bridgehead atoms. The Hall–Kier alpha value is -1.91. The van der Waals surface area contributed by atoms with E-state index in [4.69, 9.17) is 6.42 Å². The van der Waals surface area contributed by atoms with Crippen LogP contribution in [-0.2, 0) is 21.4 Å². The Balaban J connectivity index is 2.01. The lowest BCUT2D eigenvalue weighted by atomic mass is 9.96. The summed E-state index contributed by atoms with van der Waals surface area (Å²) in [5.74, 6) is 1.91. The molecule has 0 aromatic heterocycles. The highest BCUT2D eigenvalue weighted by Gasteiger charge is 2.32. The van der Waals surface area contributed by atoms with Crippen LogP contribution in [0.2, 0.25) is 0 Å². The highest BCUT2D eigenvalue weighted by atomic mass is 32.2. The number of halogens is 1. The monoisotopic (exact) mass is 366 g/mol. The maximum absolute atomic E-state index is 13.0. The molecule has 0 atom stereocenters. The van der Waals surface area contributed by atoms with Crippen LogP contribution in [-0.4, -0.2) is 48.9 Å². The predicted octanol–water partition coefficient (Wildman–Crippen LogP) is 1.85. The number of terminal acetylenes is 1. The molecule has 136 valence electrons. The molecule has 0 aliphatic carbocycles. The van der Waals surface area contributed by atoms with Crippen molar-refractivity contribution >= 4 is 15.9 Å². The van der Waals surface area contributed by atoms with Crippen molar-refractivity contribution in [1.29, 1.82) is 0 Å². The molecule has 1 aromatic carbocycles. The zero-order chi connectivity index (χ0) is 18.4. The lowest BCUT2D eigenvalue weighted by molar-refractivity contribution is -0.136. The van der Waals surface area contributed by atoms with E-state index in [9.17, 15) is 17.6 Å². The maximum Gasteiger partial charge on any atom is 0.226 e. The molecular weight excluding hydrogens is 343 g/mol. The Morgan fingerprint density at radius 3 is 2.44 bits per heavy atom. The van der Waals surface area contributed by atoms with Gasteiger partial charge in [-0.2, -0.15) is 0 Å². The number of sulfonamides is 1. The van der Waals surface area contributed by atoms with Crippen molar-refractivity contribution in [2.45, 2.75) is 26.3 Å². The first-order chi connectivity index (χ1) is 11.9. The quantitative estimate of drug-likeness (QED) is 0.722. The highest BCUT2D eigenvalue weighted by molar-refractivity contribution is 7.89. The topological polar surface area (TPSA) is 57.7 Å². The van der Waals surface area contributed by atoms with Gasteiger partial charge in [0.05, 0.1) is 12.3 Å². The fraction of sp³-hybridized carbons (Fsp3) is 0.500. The van der Waals surface area contributed by atoms with Crippen LogP contribution in [0.4, 0.5) is 4.39 Å². The summed E-state index contributed by atoms with van der Waals surface area (Å²) in [6.45, 7) is 2.81. The molecule has 25 heavy (non-hydrogen) atoms. The van der Waals surface area contributed by atoms with Crippen LogP contribution in [0.5, 0.6) is 0 Å². The molecule has 7 heteroatoms. The third-order valence-electron chi connectivity index (χ3n) is 4.44. The van der Waals surface area contributed by atoms with Crippen LogP contribution in [0, 0.1) is 24.1 Å². The molecule has 2 rings (SSSR count). The van der Waals surface area contributed by atoms with Gasteiger partial charge in [0.15, 0.2) is 0 Å². The number of carbonyl (C=O) groups is 1. The van der Waals surface area contributed by atoms with Gasteiger partial charge >= 0.3 is 0 Å². The van der Waals surface area contributed by atoms with Gasteiger partial charge in [-0.05, 0) is 37.5 Å². The van der Waals surface area contributed by atoms with Crippen molar-refractivity contribution in [3.63, 3.8) is 0 Å². The summed E-state index contributed by atoms with van der Waals surface area (Å²) in [7, 11) is -3.21. The summed E-state index contributed by atoms with van der Waals surface area (Å²) in [5, 5.41) is 0. The second-order valence-corrected chi connectivity index (χ2v) is 8.36. The van der Waals surface area contributed by atoms with E-state index in [0.29, 0.717) is 32.5 Å². The summed E-state index contributed by atoms with van der Waals surface area (Å²) in [4.78, 5) is 14.3. The molecule has 1 amide bonds. The van der Waals surface area contributed by atoms with Gasteiger partial charge in [0.2, 0.25) is 15.9 Å². The molecule has 0 unspecified atom stereocenters. The Morgan fingerprint density at radius 1 is 1.32 bits per heavy atom. The highest BCUT2D eigenvalue weighted by Crippen LogP contribution is 2.22. The van der Waals surface area contributed by atoms with Crippen molar-refractivity contribution < 1.29 is 17.6 Å². The second-order valence-electron chi connectivity index (χ2n) is 6.10. The number of nitrogens with zero attached hydrogens (tertiary/aromatic N) is 2. The largest absolute Gasteiger partial charge is 0.327 e. The smallest absolute Gasteiger partial charge is 0.226 e. The van der Waals surface area contributed by atoms with E-state index in [2.05, 4.69) is 5.92 Å². The standard InChI is InChI=1S/C18H23FN2O3S/c1-3-11-20(14-15-5-7-17(19)8-6-15)18(22)16-9-12-21(13-10-16)25(23,24)4-2/h1,5-8,16H,4,9-14H2,2H3. The van der Waals surface area contributed by atoms with Crippen LogP contribution in [0.15, 0.2) is 24.3 Å². The first kappa shape index (κ1) is 19.4. The maximum atomic E-state index is 13.0. The van der Waals surface area contributed by atoms with Gasteiger partial charge in [-0.3, -0.25) is 4.79 Å². The van der Waals surface area contributed by atoms with Crippen molar-refractivity contribution in [3.8, 4) is 12.3 Å². The van der Waals surface area contributed by atoms with Crippen molar-refractivity contribution in [1.82, 2.24) is 9.21 Å². The Labute approximate surface area is 148 Å². The van der Waals surface area contributed by atoms with Gasteiger partial charge in [-0.1, -0.05) is 18.1 Å². The van der Waals surface area contributed by atoms with E-state index in [-0.39, 0.29) is 29.9 Å². The second kappa shape index (κ2) is 8.45. The third kappa shape index (κ3) is 5.03. The number of benzene rings is 1. The van der Waals surface area contributed by atoms with Crippen LogP contribution < -0.4 is 0 Å². The minimum absolute atomic E-state index is 0.0688. The number of amides is 1. The Bertz CT molecular complexity index is 733. The first-order valence-electron chi connectivity index (χ1n) is 8.32. The number of rotatable bonds is 6. The molecule has 0 saturated carbocycles. The van der Waals surface area contributed by atoms with E-state index in [1.54, 1.807) is 24.0 Å². The minimum atomic E-state index is -3.21. The van der Waals surface area contributed by atoms with Gasteiger partial charge in [0, 0.05) is 25.6 Å². The van der Waals surface area contributed by atoms with Gasteiger partial charge in [-0.25, -0.2) is 17.1 Å². The number of hydrogen-bond acceptors (Lipinski definition) is 3. The predicted molar refractivity (Wildman–Crippen MR) is 94.4 cm³/mol. The van der Waals surface area contributed by atoms with Crippen LogP contribution in [0.25, 0.3) is 0 Å². The zero-order valence-corrected chi connectivity index (χ0v) is 15.1. The number of piperidine rings is 1. The fourth-order valence-electron chi connectivity index (χ4n) is 2.95. The van der Waals surface area contributed by atoms with E-state index in [1.165, 1.54) is 16.4 Å². The third-order valence-corrected chi connectivity index (χ3v) is 6.32. The molecule has 1 heterocycles. The molecule has 0 spiro atoms. The average molecular weight is 366 g/mol. The van der Waals surface area contributed by atoms with Crippen LogP contribution in [0.1, 0.15) is 25.3 Å².